The second-order valence-electron chi connectivity index (χ2n) is 5.98. The summed E-state index contributed by atoms with van der Waals surface area (Å²) in [7, 11) is 0. The molecule has 2 aliphatic rings. The molecule has 1 aromatic rings. The van der Waals surface area contributed by atoms with Gasteiger partial charge >= 0.3 is 0 Å². The number of hydrogen-bond acceptors (Lipinski definition) is 5. The van der Waals surface area contributed by atoms with Gasteiger partial charge < -0.3 is 20.4 Å². The maximum atomic E-state index is 14.6. The summed E-state index contributed by atoms with van der Waals surface area (Å²) in [6, 6.07) is 5.18. The van der Waals surface area contributed by atoms with Crippen LogP contribution in [-0.4, -0.2) is 44.4 Å². The van der Waals surface area contributed by atoms with Gasteiger partial charge in [-0.05, 0) is 24.6 Å². The van der Waals surface area contributed by atoms with Crippen LogP contribution >= 0.6 is 0 Å². The van der Waals surface area contributed by atoms with Crippen molar-refractivity contribution in [3.8, 4) is 0 Å². The molecule has 3 rings (SSSR count). The number of hydrogen-bond donors (Lipinski definition) is 2. The van der Waals surface area contributed by atoms with Crippen LogP contribution in [0.3, 0.4) is 0 Å². The molecule has 24 heavy (non-hydrogen) atoms. The summed E-state index contributed by atoms with van der Waals surface area (Å²) in [5.74, 6) is 0.516. The number of aliphatic imine (C=N–C) groups is 1. The minimum Gasteiger partial charge on any atom is -0.378 e. The first-order chi connectivity index (χ1) is 11.7. The zero-order chi connectivity index (χ0) is 16.9. The molecule has 1 saturated heterocycles. The largest absolute Gasteiger partial charge is 0.378 e. The first-order valence-corrected chi connectivity index (χ1v) is 8.40. The molecule has 2 aliphatic heterocycles. The molecule has 1 fully saturated rings. The molecule has 1 aromatic carbocycles. The molecule has 0 bridgehead atoms. The van der Waals surface area contributed by atoms with Crippen LogP contribution in [0.25, 0.3) is 5.70 Å². The fraction of sp³-hybridized carbons (Fsp3) is 0.444. The molecular formula is C18H23FN4O. The van der Waals surface area contributed by atoms with Crippen LogP contribution in [0.5, 0.6) is 0 Å². The SMILES string of the molecule is CCCNC1=NC(c2ccc(N3CCOCC3)c(F)c2)=CC(=N)C1. The van der Waals surface area contributed by atoms with E-state index in [0.717, 1.165) is 18.8 Å². The van der Waals surface area contributed by atoms with Gasteiger partial charge in [0.1, 0.15) is 11.7 Å². The first kappa shape index (κ1) is 16.6. The molecule has 5 nitrogen and oxygen atoms in total. The lowest BCUT2D eigenvalue weighted by atomic mass is 10.1. The Labute approximate surface area is 141 Å². The average Bonchev–Trinajstić information content (AvgIpc) is 2.60. The number of ether oxygens (including phenoxy) is 1. The van der Waals surface area contributed by atoms with Crippen molar-refractivity contribution in [2.75, 3.05) is 37.7 Å². The Kier molecular flexibility index (Phi) is 5.25. The summed E-state index contributed by atoms with van der Waals surface area (Å²) in [5.41, 5.74) is 2.42. The number of halogens is 1. The predicted molar refractivity (Wildman–Crippen MR) is 95.5 cm³/mol. The van der Waals surface area contributed by atoms with Crippen molar-refractivity contribution < 1.29 is 9.13 Å². The molecule has 0 spiro atoms. The van der Waals surface area contributed by atoms with E-state index in [1.807, 2.05) is 11.0 Å². The highest BCUT2D eigenvalue weighted by molar-refractivity contribution is 6.14. The van der Waals surface area contributed by atoms with E-state index < -0.39 is 0 Å². The first-order valence-electron chi connectivity index (χ1n) is 8.40. The van der Waals surface area contributed by atoms with Gasteiger partial charge in [-0.1, -0.05) is 13.0 Å². The Balaban J connectivity index is 1.82. The van der Waals surface area contributed by atoms with Gasteiger partial charge in [0.2, 0.25) is 0 Å². The van der Waals surface area contributed by atoms with E-state index >= 15 is 0 Å². The van der Waals surface area contributed by atoms with Gasteiger partial charge in [0, 0.05) is 37.3 Å². The molecule has 2 N–H and O–H groups in total. The van der Waals surface area contributed by atoms with Gasteiger partial charge in [-0.2, -0.15) is 0 Å². The Bertz CT molecular complexity index is 678. The van der Waals surface area contributed by atoms with E-state index in [9.17, 15) is 4.39 Å². The topological polar surface area (TPSA) is 60.7 Å². The maximum absolute atomic E-state index is 14.6. The van der Waals surface area contributed by atoms with Crippen LogP contribution < -0.4 is 10.2 Å². The Morgan fingerprint density at radius 3 is 2.83 bits per heavy atom. The highest BCUT2D eigenvalue weighted by atomic mass is 19.1. The molecule has 0 radical (unpaired) electrons. The molecule has 2 heterocycles. The van der Waals surface area contributed by atoms with Crippen LogP contribution in [0.4, 0.5) is 10.1 Å². The van der Waals surface area contributed by atoms with Crippen LogP contribution in [0, 0.1) is 11.2 Å². The van der Waals surface area contributed by atoms with Gasteiger partial charge in [0.15, 0.2) is 0 Å². The van der Waals surface area contributed by atoms with Crippen molar-refractivity contribution in [3.05, 3.63) is 35.7 Å². The van der Waals surface area contributed by atoms with E-state index in [4.69, 9.17) is 10.1 Å². The second-order valence-corrected chi connectivity index (χ2v) is 5.98. The van der Waals surface area contributed by atoms with Crippen LogP contribution in [0.2, 0.25) is 0 Å². The van der Waals surface area contributed by atoms with E-state index in [1.165, 1.54) is 6.07 Å². The predicted octanol–water partition coefficient (Wildman–Crippen LogP) is 2.82. The number of morpholine rings is 1. The van der Waals surface area contributed by atoms with Crippen molar-refractivity contribution in [1.29, 1.82) is 5.41 Å². The fourth-order valence-electron chi connectivity index (χ4n) is 2.86. The normalized spacial score (nSPS) is 18.2. The lowest BCUT2D eigenvalue weighted by Crippen LogP contribution is -2.36. The number of amidine groups is 1. The van der Waals surface area contributed by atoms with Crippen LogP contribution in [-0.2, 0) is 4.74 Å². The van der Waals surface area contributed by atoms with E-state index in [1.54, 1.807) is 12.1 Å². The average molecular weight is 330 g/mol. The van der Waals surface area contributed by atoms with Crippen molar-refractivity contribution in [2.24, 2.45) is 4.99 Å². The lowest BCUT2D eigenvalue weighted by molar-refractivity contribution is 0.122. The van der Waals surface area contributed by atoms with Crippen LogP contribution in [0.1, 0.15) is 25.3 Å². The summed E-state index contributed by atoms with van der Waals surface area (Å²) in [6.07, 6.45) is 3.20. The lowest BCUT2D eigenvalue weighted by Gasteiger charge is -2.29. The van der Waals surface area contributed by atoms with Crippen molar-refractivity contribution in [1.82, 2.24) is 5.32 Å². The second kappa shape index (κ2) is 7.57. The third-order valence-corrected chi connectivity index (χ3v) is 4.10. The quantitative estimate of drug-likeness (QED) is 0.892. The van der Waals surface area contributed by atoms with E-state index in [0.29, 0.717) is 55.4 Å². The van der Waals surface area contributed by atoms with E-state index in [2.05, 4.69) is 17.2 Å². The number of benzene rings is 1. The minimum absolute atomic E-state index is 0.259. The Hall–Kier alpha value is -2.21. The number of allylic oxidation sites excluding steroid dienone is 1. The van der Waals surface area contributed by atoms with Gasteiger partial charge in [0.05, 0.1) is 24.6 Å². The number of rotatable bonds is 4. The minimum atomic E-state index is -0.259. The molecule has 0 saturated carbocycles. The smallest absolute Gasteiger partial charge is 0.147 e. The van der Waals surface area contributed by atoms with Crippen molar-refractivity contribution in [3.63, 3.8) is 0 Å². The van der Waals surface area contributed by atoms with Gasteiger partial charge in [0.25, 0.3) is 0 Å². The zero-order valence-electron chi connectivity index (χ0n) is 13.9. The molecular weight excluding hydrogens is 307 g/mol. The highest BCUT2D eigenvalue weighted by Gasteiger charge is 2.18. The monoisotopic (exact) mass is 330 g/mol. The summed E-state index contributed by atoms with van der Waals surface area (Å²) in [4.78, 5) is 6.55. The summed E-state index contributed by atoms with van der Waals surface area (Å²) in [6.45, 7) is 5.56. The molecule has 0 atom stereocenters. The van der Waals surface area contributed by atoms with Crippen molar-refractivity contribution in [2.45, 2.75) is 19.8 Å². The zero-order valence-corrected chi connectivity index (χ0v) is 13.9. The summed E-state index contributed by atoms with van der Waals surface area (Å²) >= 11 is 0. The molecule has 0 aromatic heterocycles. The number of nitrogens with one attached hydrogen (secondary N) is 2. The van der Waals surface area contributed by atoms with Gasteiger partial charge in [-0.25, -0.2) is 9.38 Å². The number of nitrogens with zero attached hydrogens (tertiary/aromatic N) is 2. The molecule has 0 aliphatic carbocycles. The van der Waals surface area contributed by atoms with Crippen LogP contribution in [0.15, 0.2) is 29.3 Å². The summed E-state index contributed by atoms with van der Waals surface area (Å²) < 4.78 is 19.9. The third-order valence-electron chi connectivity index (χ3n) is 4.10. The third kappa shape index (κ3) is 3.82. The van der Waals surface area contributed by atoms with Gasteiger partial charge in [-0.15, -0.1) is 0 Å². The molecule has 0 amide bonds. The number of anilines is 1. The Morgan fingerprint density at radius 1 is 1.33 bits per heavy atom. The molecule has 6 heteroatoms. The van der Waals surface area contributed by atoms with Crippen molar-refractivity contribution >= 4 is 22.9 Å². The Morgan fingerprint density at radius 2 is 2.12 bits per heavy atom. The maximum Gasteiger partial charge on any atom is 0.147 e. The standard InChI is InChI=1S/C18H23FN4O/c1-2-5-21-18-12-14(20)11-16(22-18)13-3-4-17(15(19)10-13)23-6-8-24-9-7-23/h3-4,10-11,20H,2,5-9,12H2,1H3,(H,21,22). The fourth-order valence-corrected chi connectivity index (χ4v) is 2.86. The molecule has 0 unspecified atom stereocenters. The molecule has 128 valence electrons. The van der Waals surface area contributed by atoms with E-state index in [-0.39, 0.29) is 5.82 Å². The van der Waals surface area contributed by atoms with Gasteiger partial charge in [-0.3, -0.25) is 0 Å². The highest BCUT2D eigenvalue weighted by Crippen LogP contribution is 2.27. The summed E-state index contributed by atoms with van der Waals surface area (Å²) in [5, 5.41) is 11.2.